The summed E-state index contributed by atoms with van der Waals surface area (Å²) >= 11 is 2.38. The van der Waals surface area contributed by atoms with Crippen molar-refractivity contribution in [2.75, 3.05) is 6.54 Å². The maximum atomic E-state index is 3.82. The molecule has 2 rings (SSSR count). The number of rotatable bonds is 6. The van der Waals surface area contributed by atoms with Crippen molar-refractivity contribution in [3.05, 3.63) is 33.4 Å². The molecule has 0 heterocycles. The molecule has 1 saturated carbocycles. The topological polar surface area (TPSA) is 12.0 Å². The molecule has 0 saturated heterocycles. The SMILES string of the molecule is CCCNC(Cc1ccc(I)cc1)C1CCCC(C)C1. The molecule has 3 unspecified atom stereocenters. The fourth-order valence-corrected chi connectivity index (χ4v) is 3.82. The van der Waals surface area contributed by atoms with Crippen LogP contribution >= 0.6 is 22.6 Å². The standard InChI is InChI=1S/C18H28IN/c1-3-11-20-18(16-6-4-5-14(2)12-16)13-15-7-9-17(19)10-8-15/h7-10,14,16,18,20H,3-6,11-13H2,1-2H3. The van der Waals surface area contributed by atoms with Crippen LogP contribution in [-0.2, 0) is 6.42 Å². The molecule has 2 heteroatoms. The lowest BCUT2D eigenvalue weighted by atomic mass is 9.77. The molecule has 1 nitrogen and oxygen atoms in total. The molecule has 0 amide bonds. The van der Waals surface area contributed by atoms with Crippen molar-refractivity contribution < 1.29 is 0 Å². The van der Waals surface area contributed by atoms with Crippen molar-refractivity contribution in [3.63, 3.8) is 0 Å². The Morgan fingerprint density at radius 2 is 2.00 bits per heavy atom. The molecule has 1 fully saturated rings. The van der Waals surface area contributed by atoms with Crippen molar-refractivity contribution in [1.82, 2.24) is 5.32 Å². The van der Waals surface area contributed by atoms with Gasteiger partial charge in [-0.2, -0.15) is 0 Å². The predicted molar refractivity (Wildman–Crippen MR) is 96.1 cm³/mol. The maximum Gasteiger partial charge on any atom is 0.0136 e. The van der Waals surface area contributed by atoms with E-state index in [0.29, 0.717) is 6.04 Å². The van der Waals surface area contributed by atoms with E-state index in [-0.39, 0.29) is 0 Å². The number of nitrogens with one attached hydrogen (secondary N) is 1. The molecule has 1 N–H and O–H groups in total. The smallest absolute Gasteiger partial charge is 0.0136 e. The lowest BCUT2D eigenvalue weighted by Gasteiger charge is -2.34. The van der Waals surface area contributed by atoms with Gasteiger partial charge in [-0.15, -0.1) is 0 Å². The fourth-order valence-electron chi connectivity index (χ4n) is 3.46. The van der Waals surface area contributed by atoms with E-state index < -0.39 is 0 Å². The third-order valence-corrected chi connectivity index (χ3v) is 5.29. The number of hydrogen-bond donors (Lipinski definition) is 1. The van der Waals surface area contributed by atoms with E-state index in [0.717, 1.165) is 18.4 Å². The van der Waals surface area contributed by atoms with Gasteiger partial charge in [-0.25, -0.2) is 0 Å². The monoisotopic (exact) mass is 385 g/mol. The van der Waals surface area contributed by atoms with Gasteiger partial charge in [0.05, 0.1) is 0 Å². The zero-order valence-corrected chi connectivity index (χ0v) is 15.0. The van der Waals surface area contributed by atoms with Crippen LogP contribution < -0.4 is 5.32 Å². The molecule has 1 aromatic rings. The maximum absolute atomic E-state index is 3.82. The highest BCUT2D eigenvalue weighted by atomic mass is 127. The largest absolute Gasteiger partial charge is 0.313 e. The van der Waals surface area contributed by atoms with Crippen molar-refractivity contribution in [2.24, 2.45) is 11.8 Å². The Bertz CT molecular complexity index is 387. The second-order valence-electron chi connectivity index (χ2n) is 6.42. The van der Waals surface area contributed by atoms with Gasteiger partial charge in [-0.05, 0) is 84.4 Å². The minimum absolute atomic E-state index is 0.665. The van der Waals surface area contributed by atoms with Crippen LogP contribution in [0.5, 0.6) is 0 Å². The summed E-state index contributed by atoms with van der Waals surface area (Å²) in [6.45, 7) is 5.84. The molecule has 1 aliphatic carbocycles. The van der Waals surface area contributed by atoms with Crippen LogP contribution in [0.4, 0.5) is 0 Å². The van der Waals surface area contributed by atoms with E-state index in [1.807, 2.05) is 0 Å². The zero-order valence-electron chi connectivity index (χ0n) is 12.9. The highest BCUT2D eigenvalue weighted by Crippen LogP contribution is 2.32. The summed E-state index contributed by atoms with van der Waals surface area (Å²) in [6.07, 6.45) is 8.09. The van der Waals surface area contributed by atoms with Gasteiger partial charge in [-0.3, -0.25) is 0 Å². The van der Waals surface area contributed by atoms with Gasteiger partial charge in [0.2, 0.25) is 0 Å². The van der Waals surface area contributed by atoms with Gasteiger partial charge < -0.3 is 5.32 Å². The van der Waals surface area contributed by atoms with Crippen LogP contribution in [0.25, 0.3) is 0 Å². The van der Waals surface area contributed by atoms with E-state index in [4.69, 9.17) is 0 Å². The Hall–Kier alpha value is -0.0900. The second kappa shape index (κ2) is 8.38. The Kier molecular flexibility index (Phi) is 6.82. The molecule has 3 atom stereocenters. The first-order valence-corrected chi connectivity index (χ1v) is 9.24. The van der Waals surface area contributed by atoms with E-state index in [1.54, 1.807) is 0 Å². The summed E-state index contributed by atoms with van der Waals surface area (Å²) in [5.41, 5.74) is 1.48. The molecule has 1 aliphatic rings. The van der Waals surface area contributed by atoms with Crippen molar-refractivity contribution in [3.8, 4) is 0 Å². The summed E-state index contributed by atoms with van der Waals surface area (Å²) in [5.74, 6) is 1.78. The third-order valence-electron chi connectivity index (χ3n) is 4.57. The fraction of sp³-hybridized carbons (Fsp3) is 0.667. The number of hydrogen-bond acceptors (Lipinski definition) is 1. The number of benzene rings is 1. The van der Waals surface area contributed by atoms with E-state index in [1.165, 1.54) is 47.7 Å². The van der Waals surface area contributed by atoms with Gasteiger partial charge in [-0.1, -0.05) is 38.8 Å². The molecule has 112 valence electrons. The molecule has 0 radical (unpaired) electrons. The van der Waals surface area contributed by atoms with Crippen molar-refractivity contribution >= 4 is 22.6 Å². The highest BCUT2D eigenvalue weighted by Gasteiger charge is 2.26. The highest BCUT2D eigenvalue weighted by molar-refractivity contribution is 14.1. The molecule has 0 spiro atoms. The second-order valence-corrected chi connectivity index (χ2v) is 7.67. The Morgan fingerprint density at radius 1 is 1.25 bits per heavy atom. The molecule has 0 bridgehead atoms. The minimum Gasteiger partial charge on any atom is -0.313 e. The van der Waals surface area contributed by atoms with E-state index in [2.05, 4.69) is 66.0 Å². The average Bonchev–Trinajstić information content (AvgIpc) is 2.45. The minimum atomic E-state index is 0.665. The Balaban J connectivity index is 2.00. The summed E-state index contributed by atoms with van der Waals surface area (Å²) in [7, 11) is 0. The van der Waals surface area contributed by atoms with Crippen LogP contribution in [0.2, 0.25) is 0 Å². The lowest BCUT2D eigenvalue weighted by molar-refractivity contribution is 0.221. The van der Waals surface area contributed by atoms with E-state index >= 15 is 0 Å². The quantitative estimate of drug-likeness (QED) is 0.678. The predicted octanol–water partition coefficient (Wildman–Crippen LogP) is 5.03. The summed E-state index contributed by atoms with van der Waals surface area (Å²) in [6, 6.07) is 9.73. The molecule has 0 aliphatic heterocycles. The van der Waals surface area contributed by atoms with Gasteiger partial charge in [0.15, 0.2) is 0 Å². The molecule has 1 aromatic carbocycles. The third kappa shape index (κ3) is 5.03. The van der Waals surface area contributed by atoms with Crippen molar-refractivity contribution in [2.45, 2.75) is 58.4 Å². The normalized spacial score (nSPS) is 24.6. The van der Waals surface area contributed by atoms with E-state index in [9.17, 15) is 0 Å². The van der Waals surface area contributed by atoms with Crippen LogP contribution in [0, 0.1) is 15.4 Å². The first-order chi connectivity index (χ1) is 9.69. The van der Waals surface area contributed by atoms with Crippen LogP contribution in [-0.4, -0.2) is 12.6 Å². The van der Waals surface area contributed by atoms with Crippen molar-refractivity contribution in [1.29, 1.82) is 0 Å². The molecule has 0 aromatic heterocycles. The van der Waals surface area contributed by atoms with Crippen LogP contribution in [0.15, 0.2) is 24.3 Å². The first kappa shape index (κ1) is 16.3. The Labute approximate surface area is 138 Å². The summed E-state index contributed by atoms with van der Waals surface area (Å²) in [4.78, 5) is 0. The zero-order chi connectivity index (χ0) is 14.4. The first-order valence-electron chi connectivity index (χ1n) is 8.17. The number of halogens is 1. The van der Waals surface area contributed by atoms with Crippen LogP contribution in [0.1, 0.15) is 51.5 Å². The van der Waals surface area contributed by atoms with Gasteiger partial charge in [0.25, 0.3) is 0 Å². The lowest BCUT2D eigenvalue weighted by Crippen LogP contribution is -2.40. The average molecular weight is 385 g/mol. The van der Waals surface area contributed by atoms with Crippen LogP contribution in [0.3, 0.4) is 0 Å². The van der Waals surface area contributed by atoms with Gasteiger partial charge in [0, 0.05) is 9.61 Å². The molecular formula is C18H28IN. The summed E-state index contributed by atoms with van der Waals surface area (Å²) in [5, 5.41) is 3.82. The Morgan fingerprint density at radius 3 is 2.65 bits per heavy atom. The van der Waals surface area contributed by atoms with Gasteiger partial charge >= 0.3 is 0 Å². The molecule has 20 heavy (non-hydrogen) atoms. The molecular weight excluding hydrogens is 357 g/mol. The van der Waals surface area contributed by atoms with Gasteiger partial charge in [0.1, 0.15) is 0 Å². The summed E-state index contributed by atoms with van der Waals surface area (Å²) < 4.78 is 1.33.